The van der Waals surface area contributed by atoms with Crippen LogP contribution in [-0.2, 0) is 0 Å². The molecule has 0 atom stereocenters. The molecule has 0 amide bonds. The van der Waals surface area contributed by atoms with Gasteiger partial charge in [-0.1, -0.05) is 17.7 Å². The fourth-order valence-electron chi connectivity index (χ4n) is 2.22. The number of hydrogen-bond donors (Lipinski definition) is 4. The zero-order valence-electron chi connectivity index (χ0n) is 13.1. The number of unbranched alkanes of at least 4 members (excludes halogenated alkanes) is 2. The van der Waals surface area contributed by atoms with Gasteiger partial charge < -0.3 is 20.8 Å². The molecule has 0 spiro atoms. The number of nitrogens with one attached hydrogen (secondary N) is 2. The Kier molecular flexibility index (Phi) is 7.32. The van der Waals surface area contributed by atoms with Gasteiger partial charge in [-0.2, -0.15) is 0 Å². The lowest BCUT2D eigenvalue weighted by molar-refractivity contribution is 0.286. The Morgan fingerprint density at radius 3 is 2.30 bits per heavy atom. The second-order valence-corrected chi connectivity index (χ2v) is 5.61. The molecule has 126 valence electrons. The quantitative estimate of drug-likeness (QED) is 0.498. The lowest BCUT2D eigenvalue weighted by Crippen LogP contribution is -2.07. The van der Waals surface area contributed by atoms with E-state index in [0.29, 0.717) is 17.5 Å². The number of para-hydroxylation sites is 1. The van der Waals surface area contributed by atoms with Crippen molar-refractivity contribution in [2.75, 3.05) is 36.9 Å². The van der Waals surface area contributed by atoms with Gasteiger partial charge in [0.1, 0.15) is 5.52 Å². The number of aliphatic hydroxyl groups is 2. The molecule has 1 aromatic heterocycles. The van der Waals surface area contributed by atoms with Crippen LogP contribution in [-0.4, -0.2) is 46.5 Å². The van der Waals surface area contributed by atoms with Crippen molar-refractivity contribution in [1.82, 2.24) is 9.97 Å². The summed E-state index contributed by atoms with van der Waals surface area (Å²) >= 11 is 6.23. The van der Waals surface area contributed by atoms with Crippen molar-refractivity contribution in [1.29, 1.82) is 0 Å². The van der Waals surface area contributed by atoms with E-state index in [9.17, 15) is 0 Å². The average molecular weight is 339 g/mol. The predicted octanol–water partition coefficient (Wildman–Crippen LogP) is 2.65. The Labute approximate surface area is 140 Å². The van der Waals surface area contributed by atoms with E-state index >= 15 is 0 Å². The molecular formula is C16H23ClN4O2. The Morgan fingerprint density at radius 1 is 0.913 bits per heavy atom. The number of halogens is 1. The molecule has 0 fully saturated rings. The first-order valence-electron chi connectivity index (χ1n) is 7.92. The first kappa shape index (κ1) is 17.7. The van der Waals surface area contributed by atoms with Crippen molar-refractivity contribution in [2.24, 2.45) is 0 Å². The van der Waals surface area contributed by atoms with E-state index in [0.717, 1.165) is 48.9 Å². The van der Waals surface area contributed by atoms with E-state index in [1.807, 2.05) is 18.2 Å². The van der Waals surface area contributed by atoms with Gasteiger partial charge >= 0.3 is 0 Å². The molecule has 0 aliphatic heterocycles. The van der Waals surface area contributed by atoms with Crippen LogP contribution in [0.4, 0.5) is 11.5 Å². The molecule has 7 heteroatoms. The molecule has 0 unspecified atom stereocenters. The van der Waals surface area contributed by atoms with Crippen molar-refractivity contribution < 1.29 is 10.2 Å². The highest BCUT2D eigenvalue weighted by Gasteiger charge is 2.09. The number of fused-ring (bicyclic) bond motifs is 1. The van der Waals surface area contributed by atoms with Crippen LogP contribution in [0.3, 0.4) is 0 Å². The van der Waals surface area contributed by atoms with Gasteiger partial charge in [0.15, 0.2) is 11.0 Å². The Morgan fingerprint density at radius 2 is 1.61 bits per heavy atom. The highest BCUT2D eigenvalue weighted by Crippen LogP contribution is 2.26. The van der Waals surface area contributed by atoms with Gasteiger partial charge in [-0.05, 0) is 37.8 Å². The third-order valence-corrected chi connectivity index (χ3v) is 3.69. The van der Waals surface area contributed by atoms with Gasteiger partial charge in [-0.25, -0.2) is 9.97 Å². The van der Waals surface area contributed by atoms with Crippen LogP contribution in [0.15, 0.2) is 18.2 Å². The number of rotatable bonds is 10. The van der Waals surface area contributed by atoms with E-state index in [-0.39, 0.29) is 13.2 Å². The van der Waals surface area contributed by atoms with Gasteiger partial charge in [0.2, 0.25) is 0 Å². The number of benzene rings is 1. The fraction of sp³-hybridized carbons (Fsp3) is 0.500. The van der Waals surface area contributed by atoms with Gasteiger partial charge in [-0.3, -0.25) is 0 Å². The number of hydrogen-bond acceptors (Lipinski definition) is 6. The molecule has 0 saturated heterocycles. The highest BCUT2D eigenvalue weighted by molar-refractivity contribution is 6.32. The number of anilines is 2. The molecule has 1 aromatic carbocycles. The molecular weight excluding hydrogens is 316 g/mol. The first-order valence-corrected chi connectivity index (χ1v) is 8.29. The molecule has 0 saturated carbocycles. The predicted molar refractivity (Wildman–Crippen MR) is 94.2 cm³/mol. The standard InChI is InChI=1S/C16H23ClN4O2/c17-15-16(19-9-2-4-11-23)20-13-7-5-6-12(14(13)21-15)18-8-1-3-10-22/h5-7,18,22-23H,1-4,8-11H2,(H,19,20). The van der Waals surface area contributed by atoms with E-state index in [4.69, 9.17) is 21.8 Å². The van der Waals surface area contributed by atoms with Crippen molar-refractivity contribution in [3.05, 3.63) is 23.4 Å². The summed E-state index contributed by atoms with van der Waals surface area (Å²) in [6, 6.07) is 5.77. The van der Waals surface area contributed by atoms with Crippen LogP contribution in [0.2, 0.25) is 5.15 Å². The molecule has 0 aliphatic carbocycles. The van der Waals surface area contributed by atoms with Gasteiger partial charge in [0.25, 0.3) is 0 Å². The molecule has 0 bridgehead atoms. The SMILES string of the molecule is OCCCCNc1nc2cccc(NCCCCO)c2nc1Cl. The Bertz CT molecular complexity index is 624. The minimum absolute atomic E-state index is 0.185. The van der Waals surface area contributed by atoms with Crippen molar-refractivity contribution >= 4 is 34.1 Å². The van der Waals surface area contributed by atoms with Crippen LogP contribution in [0, 0.1) is 0 Å². The largest absolute Gasteiger partial charge is 0.396 e. The monoisotopic (exact) mass is 338 g/mol. The molecule has 23 heavy (non-hydrogen) atoms. The first-order chi connectivity index (χ1) is 11.3. The van der Waals surface area contributed by atoms with Crippen molar-refractivity contribution in [3.63, 3.8) is 0 Å². The summed E-state index contributed by atoms with van der Waals surface area (Å²) in [5.41, 5.74) is 2.40. The zero-order chi connectivity index (χ0) is 16.5. The van der Waals surface area contributed by atoms with Crippen molar-refractivity contribution in [3.8, 4) is 0 Å². The second kappa shape index (κ2) is 9.50. The lowest BCUT2D eigenvalue weighted by Gasteiger charge is -2.11. The highest BCUT2D eigenvalue weighted by atomic mass is 35.5. The number of nitrogens with zero attached hydrogens (tertiary/aromatic N) is 2. The summed E-state index contributed by atoms with van der Waals surface area (Å²) < 4.78 is 0. The third-order valence-electron chi connectivity index (χ3n) is 3.43. The van der Waals surface area contributed by atoms with Crippen LogP contribution < -0.4 is 10.6 Å². The number of aliphatic hydroxyl groups excluding tert-OH is 2. The van der Waals surface area contributed by atoms with Gasteiger partial charge in [0, 0.05) is 26.3 Å². The molecule has 6 nitrogen and oxygen atoms in total. The normalized spacial score (nSPS) is 10.9. The van der Waals surface area contributed by atoms with E-state index in [1.165, 1.54) is 0 Å². The zero-order valence-corrected chi connectivity index (χ0v) is 13.8. The smallest absolute Gasteiger partial charge is 0.172 e. The molecule has 4 N–H and O–H groups in total. The summed E-state index contributed by atoms with van der Waals surface area (Å²) in [6.07, 6.45) is 3.25. The summed E-state index contributed by atoms with van der Waals surface area (Å²) in [5.74, 6) is 0.564. The number of aromatic nitrogens is 2. The summed E-state index contributed by atoms with van der Waals surface area (Å²) in [5, 5.41) is 24.4. The van der Waals surface area contributed by atoms with E-state index in [2.05, 4.69) is 20.6 Å². The maximum Gasteiger partial charge on any atom is 0.172 e. The molecule has 1 heterocycles. The summed E-state index contributed by atoms with van der Waals surface area (Å²) in [4.78, 5) is 8.98. The van der Waals surface area contributed by atoms with Crippen LogP contribution in [0.25, 0.3) is 11.0 Å². The molecule has 2 rings (SSSR count). The average Bonchev–Trinajstić information content (AvgIpc) is 2.56. The van der Waals surface area contributed by atoms with Crippen LogP contribution >= 0.6 is 11.6 Å². The summed E-state index contributed by atoms with van der Waals surface area (Å²) in [7, 11) is 0. The molecule has 2 aromatic rings. The van der Waals surface area contributed by atoms with Crippen molar-refractivity contribution in [2.45, 2.75) is 25.7 Å². The van der Waals surface area contributed by atoms with Gasteiger partial charge in [0.05, 0.1) is 11.2 Å². The molecule has 0 radical (unpaired) electrons. The van der Waals surface area contributed by atoms with Gasteiger partial charge in [-0.15, -0.1) is 0 Å². The minimum Gasteiger partial charge on any atom is -0.396 e. The maximum atomic E-state index is 8.82. The minimum atomic E-state index is 0.185. The maximum absolute atomic E-state index is 8.82. The Balaban J connectivity index is 2.10. The Hall–Kier alpha value is -1.63. The topological polar surface area (TPSA) is 90.3 Å². The van der Waals surface area contributed by atoms with E-state index < -0.39 is 0 Å². The van der Waals surface area contributed by atoms with Crippen LogP contribution in [0.1, 0.15) is 25.7 Å². The van der Waals surface area contributed by atoms with E-state index in [1.54, 1.807) is 0 Å². The fourth-order valence-corrected chi connectivity index (χ4v) is 2.41. The summed E-state index contributed by atoms with van der Waals surface area (Å²) in [6.45, 7) is 1.85. The van der Waals surface area contributed by atoms with Crippen LogP contribution in [0.5, 0.6) is 0 Å². The molecule has 0 aliphatic rings. The second-order valence-electron chi connectivity index (χ2n) is 5.25. The third kappa shape index (κ3) is 5.20. The lowest BCUT2D eigenvalue weighted by atomic mass is 10.2.